The van der Waals surface area contributed by atoms with Gasteiger partial charge in [-0.3, -0.25) is 23.6 Å². The van der Waals surface area contributed by atoms with Gasteiger partial charge in [-0.2, -0.15) is 0 Å². The van der Waals surface area contributed by atoms with Crippen molar-refractivity contribution in [1.82, 2.24) is 14.0 Å². The summed E-state index contributed by atoms with van der Waals surface area (Å²) in [4.78, 5) is 41.9. The van der Waals surface area contributed by atoms with E-state index in [2.05, 4.69) is 9.80 Å². The van der Waals surface area contributed by atoms with E-state index < -0.39 is 0 Å². The largest absolute Gasteiger partial charge is 0.493 e. The number of para-hydroxylation sites is 1. The van der Waals surface area contributed by atoms with Crippen LogP contribution in [0.5, 0.6) is 23.0 Å². The van der Waals surface area contributed by atoms with Gasteiger partial charge in [0, 0.05) is 52.9 Å². The van der Waals surface area contributed by atoms with Gasteiger partial charge in [0.15, 0.2) is 17.3 Å². The maximum absolute atomic E-state index is 13.1. The van der Waals surface area contributed by atoms with Gasteiger partial charge < -0.3 is 23.8 Å². The van der Waals surface area contributed by atoms with E-state index in [-0.39, 0.29) is 17.0 Å². The maximum atomic E-state index is 13.1. The Balaban J connectivity index is 1.30. The Morgan fingerprint density at radius 1 is 0.857 bits per heavy atom. The predicted octanol–water partition coefficient (Wildman–Crippen LogP) is 2.60. The number of ether oxygens (including phenoxy) is 4. The molecule has 0 aliphatic carbocycles. The molecule has 0 saturated carbocycles. The van der Waals surface area contributed by atoms with E-state index in [1.807, 2.05) is 12.1 Å². The molecule has 1 aliphatic rings. The molecule has 0 atom stereocenters. The summed E-state index contributed by atoms with van der Waals surface area (Å²) in [5.41, 5.74) is 0.582. The number of benzene rings is 2. The van der Waals surface area contributed by atoms with Gasteiger partial charge in [-0.1, -0.05) is 18.2 Å². The molecular weight excluding hydrogens is 540 g/mol. The maximum Gasteiger partial charge on any atom is 0.332 e. The summed E-state index contributed by atoms with van der Waals surface area (Å²) in [7, 11) is 7.80. The lowest BCUT2D eigenvalue weighted by atomic mass is 10.1. The van der Waals surface area contributed by atoms with Gasteiger partial charge in [-0.25, -0.2) is 4.79 Å². The number of hydrogen-bond acceptors (Lipinski definition) is 9. The van der Waals surface area contributed by atoms with Crippen molar-refractivity contribution in [1.29, 1.82) is 0 Å². The van der Waals surface area contributed by atoms with Crippen LogP contribution in [-0.2, 0) is 14.1 Å². The molecule has 1 fully saturated rings. The van der Waals surface area contributed by atoms with Crippen LogP contribution < -0.4 is 35.1 Å². The highest BCUT2D eigenvalue weighted by Gasteiger charge is 2.20. The highest BCUT2D eigenvalue weighted by Crippen LogP contribution is 2.38. The predicted molar refractivity (Wildman–Crippen MR) is 162 cm³/mol. The van der Waals surface area contributed by atoms with E-state index in [0.29, 0.717) is 41.0 Å². The van der Waals surface area contributed by atoms with Gasteiger partial charge in [-0.05, 0) is 42.3 Å². The number of ketones is 1. The lowest BCUT2D eigenvalue weighted by Crippen LogP contribution is -2.49. The molecule has 0 unspecified atom stereocenters. The number of methoxy groups -OCH3 is 3. The molecule has 1 aliphatic heterocycles. The number of rotatable bonds is 12. The smallest absolute Gasteiger partial charge is 0.332 e. The Morgan fingerprint density at radius 2 is 1.52 bits per heavy atom. The molecule has 1 saturated heterocycles. The lowest BCUT2D eigenvalue weighted by Gasteiger charge is -2.36. The standard InChI is InChI=1S/C31H38N4O7/c1-32-28(21-29(37)33(2)31(32)38)35-16-14-34(15-17-35)13-8-18-42-25-10-7-6-9-23(25)24(36)12-11-22-19-26(39-3)30(41-5)27(20-22)40-4/h6-7,9-12,19-21H,8,13-18H2,1-5H3/b12-11+. The van der Waals surface area contributed by atoms with Crippen LogP contribution in [0, 0.1) is 0 Å². The molecule has 11 heteroatoms. The van der Waals surface area contributed by atoms with Crippen molar-refractivity contribution in [2.45, 2.75) is 6.42 Å². The first-order valence-corrected chi connectivity index (χ1v) is 13.8. The molecule has 224 valence electrons. The minimum atomic E-state index is -0.326. The van der Waals surface area contributed by atoms with Crippen LogP contribution in [-0.4, -0.2) is 80.5 Å². The monoisotopic (exact) mass is 578 g/mol. The first-order chi connectivity index (χ1) is 20.3. The fraction of sp³-hybridized carbons (Fsp3) is 0.387. The van der Waals surface area contributed by atoms with Gasteiger partial charge in [0.1, 0.15) is 11.6 Å². The fourth-order valence-corrected chi connectivity index (χ4v) is 4.95. The topological polar surface area (TPSA) is 104 Å². The summed E-state index contributed by atoms with van der Waals surface area (Å²) in [6.07, 6.45) is 3.99. The van der Waals surface area contributed by atoms with Crippen molar-refractivity contribution >= 4 is 17.7 Å². The Bertz CT molecular complexity index is 1530. The number of nitrogens with zero attached hydrogens (tertiary/aromatic N) is 4. The van der Waals surface area contributed by atoms with E-state index in [9.17, 15) is 14.4 Å². The number of hydrogen-bond donors (Lipinski definition) is 0. The summed E-state index contributed by atoms with van der Waals surface area (Å²) >= 11 is 0. The minimum absolute atomic E-state index is 0.180. The van der Waals surface area contributed by atoms with E-state index in [0.717, 1.165) is 49.3 Å². The van der Waals surface area contributed by atoms with Gasteiger partial charge in [0.25, 0.3) is 5.56 Å². The number of carbonyl (C=O) groups excluding carboxylic acids is 1. The van der Waals surface area contributed by atoms with Crippen LogP contribution in [0.3, 0.4) is 0 Å². The average molecular weight is 579 g/mol. The first kappa shape index (κ1) is 30.4. The van der Waals surface area contributed by atoms with Crippen molar-refractivity contribution in [3.63, 3.8) is 0 Å². The summed E-state index contributed by atoms with van der Waals surface area (Å²) in [5, 5.41) is 0. The van der Waals surface area contributed by atoms with E-state index in [1.165, 1.54) is 23.8 Å². The molecule has 11 nitrogen and oxygen atoms in total. The molecule has 42 heavy (non-hydrogen) atoms. The highest BCUT2D eigenvalue weighted by molar-refractivity contribution is 6.08. The van der Waals surface area contributed by atoms with Gasteiger partial charge in [-0.15, -0.1) is 0 Å². The van der Waals surface area contributed by atoms with Crippen LogP contribution in [0.2, 0.25) is 0 Å². The first-order valence-electron chi connectivity index (χ1n) is 13.8. The third kappa shape index (κ3) is 6.85. The number of piperazine rings is 1. The number of anilines is 1. The summed E-state index contributed by atoms with van der Waals surface area (Å²) in [6.45, 7) is 4.35. The molecule has 0 bridgehead atoms. The second-order valence-electron chi connectivity index (χ2n) is 9.92. The zero-order chi connectivity index (χ0) is 30.2. The Hall–Kier alpha value is -4.51. The van der Waals surface area contributed by atoms with Crippen molar-refractivity contribution in [2.75, 3.05) is 65.6 Å². The van der Waals surface area contributed by atoms with Gasteiger partial charge in [0.05, 0.1) is 33.5 Å². The summed E-state index contributed by atoms with van der Waals surface area (Å²) in [6, 6.07) is 12.3. The molecule has 1 aromatic heterocycles. The second kappa shape index (κ2) is 13.9. The van der Waals surface area contributed by atoms with Crippen LogP contribution in [0.25, 0.3) is 6.08 Å². The van der Waals surface area contributed by atoms with E-state index >= 15 is 0 Å². The Kier molecular flexibility index (Phi) is 10.1. The van der Waals surface area contributed by atoms with Crippen molar-refractivity contribution in [3.8, 4) is 23.0 Å². The molecule has 2 heterocycles. The zero-order valence-electron chi connectivity index (χ0n) is 24.8. The van der Waals surface area contributed by atoms with E-state index in [1.54, 1.807) is 58.7 Å². The van der Waals surface area contributed by atoms with Crippen LogP contribution in [0.1, 0.15) is 22.3 Å². The lowest BCUT2D eigenvalue weighted by molar-refractivity contribution is 0.104. The zero-order valence-corrected chi connectivity index (χ0v) is 24.8. The Morgan fingerprint density at radius 3 is 2.17 bits per heavy atom. The average Bonchev–Trinajstić information content (AvgIpc) is 3.02. The number of allylic oxidation sites excluding steroid dienone is 1. The molecule has 0 radical (unpaired) electrons. The second-order valence-corrected chi connectivity index (χ2v) is 9.92. The van der Waals surface area contributed by atoms with Crippen LogP contribution >= 0.6 is 0 Å². The highest BCUT2D eigenvalue weighted by atomic mass is 16.5. The third-order valence-electron chi connectivity index (χ3n) is 7.34. The van der Waals surface area contributed by atoms with Crippen LogP contribution in [0.15, 0.2) is 58.1 Å². The number of aromatic nitrogens is 2. The molecule has 0 amide bonds. The molecule has 0 spiro atoms. The van der Waals surface area contributed by atoms with Crippen LogP contribution in [0.4, 0.5) is 5.82 Å². The molecule has 0 N–H and O–H groups in total. The molecule has 2 aromatic carbocycles. The summed E-state index contributed by atoms with van der Waals surface area (Å²) < 4.78 is 24.8. The quantitative estimate of drug-likeness (QED) is 0.182. The SMILES string of the molecule is COc1cc(/C=C/C(=O)c2ccccc2OCCCN2CCN(c3cc(=O)n(C)c(=O)n3C)CC2)cc(OC)c1OC. The Labute approximate surface area is 245 Å². The van der Waals surface area contributed by atoms with E-state index in [4.69, 9.17) is 18.9 Å². The normalized spacial score (nSPS) is 13.8. The molecular formula is C31H38N4O7. The van der Waals surface area contributed by atoms with Crippen molar-refractivity contribution < 1.29 is 23.7 Å². The summed E-state index contributed by atoms with van der Waals surface area (Å²) in [5.74, 6) is 2.50. The molecule has 4 rings (SSSR count). The fourth-order valence-electron chi connectivity index (χ4n) is 4.95. The van der Waals surface area contributed by atoms with Crippen molar-refractivity contribution in [2.24, 2.45) is 14.1 Å². The van der Waals surface area contributed by atoms with Gasteiger partial charge in [0.2, 0.25) is 5.75 Å². The third-order valence-corrected chi connectivity index (χ3v) is 7.34. The minimum Gasteiger partial charge on any atom is -0.493 e. The number of carbonyl (C=O) groups is 1. The molecule has 3 aromatic rings. The van der Waals surface area contributed by atoms with Gasteiger partial charge >= 0.3 is 5.69 Å². The van der Waals surface area contributed by atoms with Crippen molar-refractivity contribution in [3.05, 3.63) is 80.5 Å².